The monoisotopic (exact) mass is 144 g/mol. The summed E-state index contributed by atoms with van der Waals surface area (Å²) in [4.78, 5) is 0. The molecule has 0 aliphatic carbocycles. The van der Waals surface area contributed by atoms with E-state index in [0.29, 0.717) is 0 Å². The van der Waals surface area contributed by atoms with Crippen molar-refractivity contribution in [1.29, 1.82) is 0 Å². The summed E-state index contributed by atoms with van der Waals surface area (Å²) < 4.78 is 4.35. The topological polar surface area (TPSA) is 49.7 Å². The molecule has 2 N–H and O–H groups in total. The molecule has 4 heteroatoms. The van der Waals surface area contributed by atoms with Gasteiger partial charge in [-0.15, -0.1) is 0 Å². The number of hydrogen-bond donors (Lipinski definition) is 2. The van der Waals surface area contributed by atoms with E-state index < -0.39 is 7.32 Å². The zero-order chi connectivity index (χ0) is 8.20. The van der Waals surface area contributed by atoms with Crippen LogP contribution in [0.4, 0.5) is 0 Å². The Hall–Kier alpha value is -0.475. The fraction of sp³-hybridized carbons (Fsp3) is 0.667. The van der Waals surface area contributed by atoms with Crippen LogP contribution in [-0.4, -0.2) is 17.4 Å². The Balaban J connectivity index is 3.57. The van der Waals surface area contributed by atoms with E-state index in [9.17, 15) is 0 Å². The SMILES string of the molecule is CC(C)(C)/C=C/OB(O)O. The highest BCUT2D eigenvalue weighted by Gasteiger charge is 2.08. The first-order chi connectivity index (χ1) is 4.42. The summed E-state index contributed by atoms with van der Waals surface area (Å²) in [7, 11) is -1.71. The molecule has 0 aromatic carbocycles. The standard InChI is InChI=1S/C6H13BO3/c1-6(2,3)4-5-10-7(8)9/h4-5,8-9H,1-3H3/b5-4+. The van der Waals surface area contributed by atoms with Gasteiger partial charge >= 0.3 is 7.32 Å². The quantitative estimate of drug-likeness (QED) is 0.439. The number of rotatable bonds is 2. The third-order valence-electron chi connectivity index (χ3n) is 0.768. The van der Waals surface area contributed by atoms with E-state index in [4.69, 9.17) is 10.0 Å². The third-order valence-corrected chi connectivity index (χ3v) is 0.768. The van der Waals surface area contributed by atoms with E-state index >= 15 is 0 Å². The fourth-order valence-corrected chi connectivity index (χ4v) is 0.314. The van der Waals surface area contributed by atoms with Gasteiger partial charge in [0.15, 0.2) is 0 Å². The second-order valence-corrected chi connectivity index (χ2v) is 3.13. The van der Waals surface area contributed by atoms with Gasteiger partial charge < -0.3 is 14.7 Å². The smallest absolute Gasteiger partial charge is 0.519 e. The van der Waals surface area contributed by atoms with Crippen molar-refractivity contribution in [2.75, 3.05) is 0 Å². The minimum Gasteiger partial charge on any atom is -0.519 e. The maximum atomic E-state index is 8.23. The van der Waals surface area contributed by atoms with E-state index in [-0.39, 0.29) is 5.41 Å². The first-order valence-electron chi connectivity index (χ1n) is 3.11. The highest BCUT2D eigenvalue weighted by atomic mass is 16.6. The largest absolute Gasteiger partial charge is 0.707 e. The maximum absolute atomic E-state index is 8.23. The van der Waals surface area contributed by atoms with Crippen LogP contribution in [0.15, 0.2) is 12.3 Å². The molecule has 0 aromatic heterocycles. The van der Waals surface area contributed by atoms with Gasteiger partial charge in [0.2, 0.25) is 0 Å². The van der Waals surface area contributed by atoms with Gasteiger partial charge in [0.1, 0.15) is 0 Å². The van der Waals surface area contributed by atoms with Crippen molar-refractivity contribution >= 4 is 7.32 Å². The van der Waals surface area contributed by atoms with Crippen molar-refractivity contribution in [3.8, 4) is 0 Å². The molecule has 0 amide bonds. The lowest BCUT2D eigenvalue weighted by Gasteiger charge is -2.10. The van der Waals surface area contributed by atoms with Crippen LogP contribution in [0.25, 0.3) is 0 Å². The molecule has 0 aromatic rings. The minimum absolute atomic E-state index is 0.00882. The Bertz CT molecular complexity index is 115. The summed E-state index contributed by atoms with van der Waals surface area (Å²) in [5, 5.41) is 16.5. The molecule has 0 radical (unpaired) electrons. The Morgan fingerprint density at radius 1 is 1.30 bits per heavy atom. The number of hydrogen-bond acceptors (Lipinski definition) is 3. The highest BCUT2D eigenvalue weighted by Crippen LogP contribution is 2.14. The molecule has 0 saturated heterocycles. The van der Waals surface area contributed by atoms with Gasteiger partial charge in [0, 0.05) is 0 Å². The van der Waals surface area contributed by atoms with Crippen molar-refractivity contribution in [1.82, 2.24) is 0 Å². The first kappa shape index (κ1) is 9.52. The molecule has 0 aliphatic heterocycles. The minimum atomic E-state index is -1.71. The average Bonchev–Trinajstić information content (AvgIpc) is 1.59. The van der Waals surface area contributed by atoms with E-state index in [1.807, 2.05) is 20.8 Å². The summed E-state index contributed by atoms with van der Waals surface area (Å²) in [6, 6.07) is 0. The van der Waals surface area contributed by atoms with Crippen molar-refractivity contribution < 1.29 is 14.7 Å². The van der Waals surface area contributed by atoms with Crippen molar-refractivity contribution in [3.05, 3.63) is 12.3 Å². The average molecular weight is 144 g/mol. The van der Waals surface area contributed by atoms with Crippen LogP contribution >= 0.6 is 0 Å². The molecule has 58 valence electrons. The molecular formula is C6H13BO3. The molecule has 3 nitrogen and oxygen atoms in total. The van der Waals surface area contributed by atoms with E-state index in [1.165, 1.54) is 6.26 Å². The summed E-state index contributed by atoms with van der Waals surface area (Å²) in [6.45, 7) is 5.95. The van der Waals surface area contributed by atoms with Gasteiger partial charge in [-0.1, -0.05) is 20.8 Å². The lowest BCUT2D eigenvalue weighted by atomic mass is 9.97. The van der Waals surface area contributed by atoms with E-state index in [0.717, 1.165) is 0 Å². The molecule has 10 heavy (non-hydrogen) atoms. The maximum Gasteiger partial charge on any atom is 0.707 e. The van der Waals surface area contributed by atoms with E-state index in [1.54, 1.807) is 6.08 Å². The van der Waals surface area contributed by atoms with Crippen LogP contribution in [0.3, 0.4) is 0 Å². The second kappa shape index (κ2) is 3.63. The highest BCUT2D eigenvalue weighted by molar-refractivity contribution is 6.32. The van der Waals surface area contributed by atoms with Crippen LogP contribution in [0.1, 0.15) is 20.8 Å². The van der Waals surface area contributed by atoms with Gasteiger partial charge in [-0.2, -0.15) is 0 Å². The molecule has 0 aliphatic rings. The van der Waals surface area contributed by atoms with Gasteiger partial charge in [-0.3, -0.25) is 0 Å². The molecule has 0 saturated carbocycles. The van der Waals surface area contributed by atoms with Gasteiger partial charge in [0.05, 0.1) is 6.26 Å². The van der Waals surface area contributed by atoms with Crippen molar-refractivity contribution in [2.24, 2.45) is 5.41 Å². The number of allylic oxidation sites excluding steroid dienone is 1. The second-order valence-electron chi connectivity index (χ2n) is 3.13. The Morgan fingerprint density at radius 2 is 1.80 bits per heavy atom. The predicted octanol–water partition coefficient (Wildman–Crippen LogP) is 0.532. The summed E-state index contributed by atoms with van der Waals surface area (Å²) >= 11 is 0. The van der Waals surface area contributed by atoms with Gasteiger partial charge in [0.25, 0.3) is 0 Å². The zero-order valence-electron chi connectivity index (χ0n) is 6.53. The predicted molar refractivity (Wildman–Crippen MR) is 39.9 cm³/mol. The molecule has 0 spiro atoms. The summed E-state index contributed by atoms with van der Waals surface area (Å²) in [6.07, 6.45) is 3.02. The summed E-state index contributed by atoms with van der Waals surface area (Å²) in [5.41, 5.74) is 0.00882. The molecule has 0 bridgehead atoms. The molecular weight excluding hydrogens is 131 g/mol. The fourth-order valence-electron chi connectivity index (χ4n) is 0.314. The van der Waals surface area contributed by atoms with Gasteiger partial charge in [-0.05, 0) is 11.5 Å². The first-order valence-corrected chi connectivity index (χ1v) is 3.11. The lowest BCUT2D eigenvalue weighted by molar-refractivity contribution is 0.255. The van der Waals surface area contributed by atoms with Crippen LogP contribution in [-0.2, 0) is 4.65 Å². The molecule has 0 fully saturated rings. The van der Waals surface area contributed by atoms with Crippen LogP contribution < -0.4 is 0 Å². The molecule has 0 rings (SSSR count). The molecule has 0 atom stereocenters. The summed E-state index contributed by atoms with van der Waals surface area (Å²) in [5.74, 6) is 0. The van der Waals surface area contributed by atoms with Crippen LogP contribution in [0, 0.1) is 5.41 Å². The van der Waals surface area contributed by atoms with E-state index in [2.05, 4.69) is 4.65 Å². The van der Waals surface area contributed by atoms with Gasteiger partial charge in [-0.25, -0.2) is 0 Å². The van der Waals surface area contributed by atoms with Crippen LogP contribution in [0.5, 0.6) is 0 Å². The Labute approximate surface area is 61.5 Å². The molecule has 0 heterocycles. The van der Waals surface area contributed by atoms with Crippen molar-refractivity contribution in [3.63, 3.8) is 0 Å². The molecule has 0 unspecified atom stereocenters. The lowest BCUT2D eigenvalue weighted by Crippen LogP contribution is -2.13. The third kappa shape index (κ3) is 7.52. The Morgan fingerprint density at radius 3 is 2.10 bits per heavy atom. The zero-order valence-corrected chi connectivity index (χ0v) is 6.53. The Kier molecular flexibility index (Phi) is 3.46. The normalized spacial score (nSPS) is 12.1. The van der Waals surface area contributed by atoms with Crippen LogP contribution in [0.2, 0.25) is 0 Å². The van der Waals surface area contributed by atoms with Crippen molar-refractivity contribution in [2.45, 2.75) is 20.8 Å².